The summed E-state index contributed by atoms with van der Waals surface area (Å²) in [6.07, 6.45) is 3.36. The lowest BCUT2D eigenvalue weighted by atomic mass is 10.3. The number of ether oxygens (including phenoxy) is 2. The summed E-state index contributed by atoms with van der Waals surface area (Å²) in [6, 6.07) is 3.49. The number of esters is 2. The van der Waals surface area contributed by atoms with E-state index in [4.69, 9.17) is 13.9 Å². The van der Waals surface area contributed by atoms with Gasteiger partial charge in [-0.2, -0.15) is 0 Å². The third-order valence-electron chi connectivity index (χ3n) is 2.68. The van der Waals surface area contributed by atoms with E-state index >= 15 is 0 Å². The van der Waals surface area contributed by atoms with Crippen LogP contribution >= 0.6 is 0 Å². The molecule has 0 atom stereocenters. The molecule has 1 N–H and O–H groups in total. The molecule has 1 heterocycles. The Morgan fingerprint density at radius 2 is 2.04 bits per heavy atom. The Balaban J connectivity index is 2.14. The van der Waals surface area contributed by atoms with Crippen molar-refractivity contribution in [1.29, 1.82) is 0 Å². The maximum absolute atomic E-state index is 11.4. The van der Waals surface area contributed by atoms with Crippen LogP contribution in [0, 0.1) is 6.92 Å². The summed E-state index contributed by atoms with van der Waals surface area (Å²) in [5.74, 6) is -0.0975. The van der Waals surface area contributed by atoms with Gasteiger partial charge in [0.1, 0.15) is 11.5 Å². The average molecular weight is 323 g/mol. The minimum Gasteiger partial charge on any atom is -0.466 e. The van der Waals surface area contributed by atoms with Crippen LogP contribution in [0.5, 0.6) is 0 Å². The quantitative estimate of drug-likeness (QED) is 0.421. The number of carbonyl (C=O) groups is 3. The second-order valence-electron chi connectivity index (χ2n) is 4.65. The summed E-state index contributed by atoms with van der Waals surface area (Å²) in [5, 5.41) is 2.55. The highest BCUT2D eigenvalue weighted by Gasteiger charge is 2.06. The van der Waals surface area contributed by atoms with Crippen LogP contribution in [0.25, 0.3) is 6.08 Å². The summed E-state index contributed by atoms with van der Waals surface area (Å²) in [6.45, 7) is 3.81. The summed E-state index contributed by atoms with van der Waals surface area (Å²) >= 11 is 0. The topological polar surface area (TPSA) is 94.8 Å². The van der Waals surface area contributed by atoms with Gasteiger partial charge in [0.25, 0.3) is 5.91 Å². The van der Waals surface area contributed by atoms with Crippen molar-refractivity contribution in [2.45, 2.75) is 26.7 Å². The number of furan rings is 1. The molecule has 1 rings (SSSR count). The largest absolute Gasteiger partial charge is 0.466 e. The first-order chi connectivity index (χ1) is 11.0. The van der Waals surface area contributed by atoms with Crippen molar-refractivity contribution >= 4 is 23.9 Å². The van der Waals surface area contributed by atoms with E-state index in [2.05, 4.69) is 5.32 Å². The van der Waals surface area contributed by atoms with Gasteiger partial charge < -0.3 is 19.2 Å². The second-order valence-corrected chi connectivity index (χ2v) is 4.65. The molecule has 0 saturated carbocycles. The van der Waals surface area contributed by atoms with Gasteiger partial charge in [-0.25, -0.2) is 4.79 Å². The SMILES string of the molecule is CCOC(=O)CCCNC(=O)COC(=O)/C=C/c1ccc(C)o1. The molecule has 1 amide bonds. The molecule has 1 aromatic rings. The lowest BCUT2D eigenvalue weighted by Crippen LogP contribution is -2.29. The van der Waals surface area contributed by atoms with Crippen LogP contribution in [0.1, 0.15) is 31.3 Å². The Bertz CT molecular complexity index is 561. The number of hydrogen-bond acceptors (Lipinski definition) is 6. The first kappa shape index (κ1) is 18.5. The maximum Gasteiger partial charge on any atom is 0.331 e. The Morgan fingerprint density at radius 1 is 1.26 bits per heavy atom. The van der Waals surface area contributed by atoms with Crippen LogP contribution in [0.2, 0.25) is 0 Å². The van der Waals surface area contributed by atoms with Crippen molar-refractivity contribution < 1.29 is 28.3 Å². The van der Waals surface area contributed by atoms with Crippen molar-refractivity contribution in [3.05, 3.63) is 29.7 Å². The molecule has 0 aliphatic carbocycles. The van der Waals surface area contributed by atoms with E-state index < -0.39 is 11.9 Å². The predicted octanol–water partition coefficient (Wildman–Crippen LogP) is 1.60. The van der Waals surface area contributed by atoms with Crippen molar-refractivity contribution in [3.63, 3.8) is 0 Å². The van der Waals surface area contributed by atoms with Gasteiger partial charge in [-0.1, -0.05) is 0 Å². The fraction of sp³-hybridized carbons (Fsp3) is 0.438. The molecular weight excluding hydrogens is 302 g/mol. The minimum atomic E-state index is -0.638. The molecule has 0 aliphatic heterocycles. The van der Waals surface area contributed by atoms with E-state index in [1.807, 2.05) is 0 Å². The first-order valence-electron chi connectivity index (χ1n) is 7.35. The molecule has 0 radical (unpaired) electrons. The van der Waals surface area contributed by atoms with E-state index in [1.54, 1.807) is 26.0 Å². The fourth-order valence-electron chi connectivity index (χ4n) is 1.62. The number of amides is 1. The van der Waals surface area contributed by atoms with Crippen LogP contribution < -0.4 is 5.32 Å². The smallest absolute Gasteiger partial charge is 0.331 e. The van der Waals surface area contributed by atoms with Gasteiger partial charge in [-0.05, 0) is 38.5 Å². The first-order valence-corrected chi connectivity index (χ1v) is 7.35. The van der Waals surface area contributed by atoms with Gasteiger partial charge in [-0.15, -0.1) is 0 Å². The standard InChI is InChI=1S/C16H21NO6/c1-3-21-15(19)5-4-10-17-14(18)11-22-16(20)9-8-13-7-6-12(2)23-13/h6-9H,3-5,10-11H2,1-2H3,(H,17,18)/b9-8+. The number of aryl methyl sites for hydroxylation is 1. The molecule has 7 heteroatoms. The predicted molar refractivity (Wildman–Crippen MR) is 82.3 cm³/mol. The van der Waals surface area contributed by atoms with E-state index in [0.717, 1.165) is 5.76 Å². The molecule has 0 saturated heterocycles. The number of hydrogen-bond donors (Lipinski definition) is 1. The molecule has 7 nitrogen and oxygen atoms in total. The number of nitrogens with one attached hydrogen (secondary N) is 1. The van der Waals surface area contributed by atoms with E-state index in [0.29, 0.717) is 25.3 Å². The van der Waals surface area contributed by atoms with E-state index in [1.165, 1.54) is 12.2 Å². The normalized spacial score (nSPS) is 10.5. The molecule has 0 unspecified atom stereocenters. The number of carbonyl (C=O) groups excluding carboxylic acids is 3. The summed E-state index contributed by atoms with van der Waals surface area (Å²) in [7, 11) is 0. The Kier molecular flexibility index (Phi) is 8.20. The highest BCUT2D eigenvalue weighted by molar-refractivity contribution is 5.88. The molecule has 0 aromatic carbocycles. The van der Waals surface area contributed by atoms with Gasteiger partial charge in [-0.3, -0.25) is 9.59 Å². The second kappa shape index (κ2) is 10.2. The van der Waals surface area contributed by atoms with Crippen molar-refractivity contribution in [2.24, 2.45) is 0 Å². The Hall–Kier alpha value is -2.57. The zero-order valence-electron chi connectivity index (χ0n) is 13.3. The zero-order valence-corrected chi connectivity index (χ0v) is 13.3. The van der Waals surface area contributed by atoms with Gasteiger partial charge in [0.15, 0.2) is 6.61 Å². The van der Waals surface area contributed by atoms with Gasteiger partial charge in [0, 0.05) is 19.0 Å². The third-order valence-corrected chi connectivity index (χ3v) is 2.68. The van der Waals surface area contributed by atoms with Crippen molar-refractivity contribution in [3.8, 4) is 0 Å². The van der Waals surface area contributed by atoms with Crippen LogP contribution in [-0.4, -0.2) is 37.6 Å². The van der Waals surface area contributed by atoms with Crippen LogP contribution in [-0.2, 0) is 23.9 Å². The fourth-order valence-corrected chi connectivity index (χ4v) is 1.62. The molecule has 126 valence electrons. The summed E-state index contributed by atoms with van der Waals surface area (Å²) in [4.78, 5) is 33.9. The maximum atomic E-state index is 11.4. The van der Waals surface area contributed by atoms with Crippen molar-refractivity contribution in [1.82, 2.24) is 5.32 Å². The molecule has 0 fully saturated rings. The highest BCUT2D eigenvalue weighted by Crippen LogP contribution is 2.07. The number of rotatable bonds is 9. The van der Waals surface area contributed by atoms with E-state index in [-0.39, 0.29) is 19.0 Å². The Labute approximate surface area is 134 Å². The molecule has 0 spiro atoms. The summed E-state index contributed by atoms with van der Waals surface area (Å²) < 4.78 is 14.8. The zero-order chi connectivity index (χ0) is 17.1. The Morgan fingerprint density at radius 3 is 2.70 bits per heavy atom. The lowest BCUT2D eigenvalue weighted by Gasteiger charge is -2.05. The van der Waals surface area contributed by atoms with E-state index in [9.17, 15) is 14.4 Å². The van der Waals surface area contributed by atoms with Gasteiger partial charge in [0.05, 0.1) is 6.61 Å². The minimum absolute atomic E-state index is 0.235. The lowest BCUT2D eigenvalue weighted by molar-refractivity contribution is -0.143. The molecule has 1 aromatic heterocycles. The van der Waals surface area contributed by atoms with Crippen LogP contribution in [0.4, 0.5) is 0 Å². The third kappa shape index (κ3) is 8.45. The monoisotopic (exact) mass is 323 g/mol. The molecule has 0 aliphatic rings. The van der Waals surface area contributed by atoms with Crippen molar-refractivity contribution in [2.75, 3.05) is 19.8 Å². The molecule has 23 heavy (non-hydrogen) atoms. The highest BCUT2D eigenvalue weighted by atomic mass is 16.5. The van der Waals surface area contributed by atoms with Gasteiger partial charge in [0.2, 0.25) is 0 Å². The van der Waals surface area contributed by atoms with Crippen LogP contribution in [0.15, 0.2) is 22.6 Å². The summed E-state index contributed by atoms with van der Waals surface area (Å²) in [5.41, 5.74) is 0. The average Bonchev–Trinajstić information content (AvgIpc) is 2.93. The molecule has 0 bridgehead atoms. The van der Waals surface area contributed by atoms with Crippen LogP contribution in [0.3, 0.4) is 0 Å². The molecular formula is C16H21NO6. The van der Waals surface area contributed by atoms with Gasteiger partial charge >= 0.3 is 11.9 Å².